The van der Waals surface area contributed by atoms with Crippen LogP contribution in [0, 0.1) is 0 Å². The maximum absolute atomic E-state index is 13.2. The number of allylic oxidation sites excluding steroid dienone is 1. The molecule has 0 spiro atoms. The van der Waals surface area contributed by atoms with Crippen LogP contribution in [-0.4, -0.2) is 35.6 Å². The molecule has 1 aliphatic rings. The summed E-state index contributed by atoms with van der Waals surface area (Å²) >= 11 is 0. The number of carbonyl (C=O) groups excluding carboxylic acids is 3. The molecule has 1 heterocycles. The molecule has 3 N–H and O–H groups in total. The lowest BCUT2D eigenvalue weighted by molar-refractivity contribution is -0.143. The molecule has 1 atom stereocenters. The van der Waals surface area contributed by atoms with Gasteiger partial charge in [-0.1, -0.05) is 61.9 Å². The van der Waals surface area contributed by atoms with E-state index < -0.39 is 18.0 Å². The van der Waals surface area contributed by atoms with Gasteiger partial charge in [0.1, 0.15) is 0 Å². The first-order valence-electron chi connectivity index (χ1n) is 12.9. The molecule has 0 radical (unpaired) electrons. The Morgan fingerprint density at radius 1 is 1.03 bits per heavy atom. The van der Waals surface area contributed by atoms with Gasteiger partial charge < -0.3 is 20.7 Å². The quantitative estimate of drug-likeness (QED) is 0.296. The molecule has 38 heavy (non-hydrogen) atoms. The molecule has 0 saturated heterocycles. The van der Waals surface area contributed by atoms with Crippen LogP contribution in [0.2, 0.25) is 0 Å². The molecular formula is C30H34N4O4. The van der Waals surface area contributed by atoms with E-state index in [0.29, 0.717) is 34.8 Å². The Morgan fingerprint density at radius 2 is 1.76 bits per heavy atom. The summed E-state index contributed by atoms with van der Waals surface area (Å²) in [7, 11) is 0. The number of urea groups is 2. The van der Waals surface area contributed by atoms with Crippen molar-refractivity contribution >= 4 is 40.2 Å². The van der Waals surface area contributed by atoms with Crippen LogP contribution in [0.5, 0.6) is 0 Å². The van der Waals surface area contributed by atoms with E-state index in [1.807, 2.05) is 55.5 Å². The van der Waals surface area contributed by atoms with E-state index in [-0.39, 0.29) is 12.1 Å². The molecule has 8 heteroatoms. The third-order valence-corrected chi connectivity index (χ3v) is 6.41. The van der Waals surface area contributed by atoms with E-state index >= 15 is 0 Å². The lowest BCUT2D eigenvalue weighted by Gasteiger charge is -2.35. The Bertz CT molecular complexity index is 1380. The summed E-state index contributed by atoms with van der Waals surface area (Å²) < 4.78 is 5.54. The lowest BCUT2D eigenvalue weighted by atomic mass is 9.94. The zero-order valence-corrected chi connectivity index (χ0v) is 22.2. The van der Waals surface area contributed by atoms with Crippen molar-refractivity contribution in [2.45, 2.75) is 52.7 Å². The molecule has 0 fully saturated rings. The summed E-state index contributed by atoms with van der Waals surface area (Å²) in [5.74, 6) is -0.476. The normalized spacial score (nSPS) is 15.4. The molecule has 0 aromatic heterocycles. The molecule has 4 rings (SSSR count). The second kappa shape index (κ2) is 11.8. The smallest absolute Gasteiger partial charge is 0.338 e. The monoisotopic (exact) mass is 514 g/mol. The number of hydrogen-bond donors (Lipinski definition) is 3. The number of amides is 4. The number of nitrogens with zero attached hydrogens (tertiary/aromatic N) is 1. The van der Waals surface area contributed by atoms with Crippen LogP contribution in [-0.2, 0) is 9.53 Å². The first kappa shape index (κ1) is 26.7. The highest BCUT2D eigenvalue weighted by Gasteiger charge is 2.36. The van der Waals surface area contributed by atoms with Crippen molar-refractivity contribution in [3.8, 4) is 0 Å². The van der Waals surface area contributed by atoms with Crippen LogP contribution in [0.3, 0.4) is 0 Å². The molecule has 4 amide bonds. The molecule has 3 aromatic rings. The minimum Gasteiger partial charge on any atom is -0.459 e. The summed E-state index contributed by atoms with van der Waals surface area (Å²) in [6, 6.07) is 19.3. The number of hydrogen-bond acceptors (Lipinski definition) is 4. The van der Waals surface area contributed by atoms with Crippen molar-refractivity contribution in [2.75, 3.05) is 17.2 Å². The number of anilines is 2. The minimum absolute atomic E-state index is 0.269. The molecule has 8 nitrogen and oxygen atoms in total. The fourth-order valence-electron chi connectivity index (χ4n) is 4.57. The van der Waals surface area contributed by atoms with Crippen LogP contribution in [0.15, 0.2) is 78.0 Å². The number of rotatable bonds is 8. The van der Waals surface area contributed by atoms with Crippen molar-refractivity contribution in [1.29, 1.82) is 0 Å². The molecule has 0 aliphatic carbocycles. The van der Waals surface area contributed by atoms with Gasteiger partial charge >= 0.3 is 18.0 Å². The summed E-state index contributed by atoms with van der Waals surface area (Å²) in [4.78, 5) is 40.6. The van der Waals surface area contributed by atoms with Gasteiger partial charge in [0.2, 0.25) is 0 Å². The Morgan fingerprint density at radius 3 is 2.53 bits per heavy atom. The van der Waals surface area contributed by atoms with Crippen molar-refractivity contribution in [2.24, 2.45) is 0 Å². The average Bonchev–Trinajstić information content (AvgIpc) is 2.88. The molecule has 3 aromatic carbocycles. The molecule has 198 valence electrons. The number of ether oxygens (including phenoxy) is 1. The number of unbranched alkanes of at least 4 members (excludes halogenated alkanes) is 1. The minimum atomic E-state index is -0.713. The predicted molar refractivity (Wildman–Crippen MR) is 150 cm³/mol. The number of fused-ring (bicyclic) bond motifs is 1. The van der Waals surface area contributed by atoms with Gasteiger partial charge in [-0.3, -0.25) is 4.90 Å². The van der Waals surface area contributed by atoms with Gasteiger partial charge in [0, 0.05) is 23.3 Å². The van der Waals surface area contributed by atoms with Gasteiger partial charge in [-0.2, -0.15) is 0 Å². The predicted octanol–water partition coefficient (Wildman–Crippen LogP) is 6.58. The van der Waals surface area contributed by atoms with Gasteiger partial charge in [0.05, 0.1) is 23.4 Å². The SMILES string of the molecule is CCCCN1C(=O)N[C@H](c2cccc(NC(=O)Nc3cccc4ccccc34)c2)C(C(=O)OC(C)C)=C1C. The Kier molecular flexibility index (Phi) is 8.31. The second-order valence-electron chi connectivity index (χ2n) is 9.57. The van der Waals surface area contributed by atoms with E-state index in [1.54, 1.807) is 43.9 Å². The molecular weight excluding hydrogens is 480 g/mol. The van der Waals surface area contributed by atoms with Crippen molar-refractivity contribution in [3.05, 3.63) is 83.6 Å². The second-order valence-corrected chi connectivity index (χ2v) is 9.57. The van der Waals surface area contributed by atoms with Crippen molar-refractivity contribution < 1.29 is 19.1 Å². The standard InChI is InChI=1S/C30H34N4O4/c1-5-6-17-34-20(4)26(28(35)38-19(2)3)27(33-30(34)37)22-13-9-14-23(18-22)31-29(36)32-25-16-10-12-21-11-7-8-15-24(21)25/h7-16,18-19,27H,5-6,17H2,1-4H3,(H,33,37)(H2,31,32,36)/t27-/m1/s1. The Balaban J connectivity index is 1.59. The Hall–Kier alpha value is -4.33. The van der Waals surface area contributed by atoms with E-state index in [2.05, 4.69) is 16.0 Å². The number of carbonyl (C=O) groups is 3. The van der Waals surface area contributed by atoms with Crippen LogP contribution in [0.4, 0.5) is 21.0 Å². The largest absolute Gasteiger partial charge is 0.459 e. The average molecular weight is 515 g/mol. The van der Waals surface area contributed by atoms with Crippen LogP contribution in [0.1, 0.15) is 52.1 Å². The number of nitrogens with one attached hydrogen (secondary N) is 3. The lowest BCUT2D eigenvalue weighted by Crippen LogP contribution is -2.48. The third-order valence-electron chi connectivity index (χ3n) is 6.41. The summed E-state index contributed by atoms with van der Waals surface area (Å²) in [5.41, 5.74) is 2.83. The van der Waals surface area contributed by atoms with Crippen molar-refractivity contribution in [1.82, 2.24) is 10.2 Å². The molecule has 0 saturated carbocycles. The molecule has 0 bridgehead atoms. The highest BCUT2D eigenvalue weighted by molar-refractivity contribution is 6.06. The third kappa shape index (κ3) is 5.96. The highest BCUT2D eigenvalue weighted by Crippen LogP contribution is 2.33. The van der Waals surface area contributed by atoms with Crippen LogP contribution >= 0.6 is 0 Å². The maximum atomic E-state index is 13.2. The fraction of sp³-hybridized carbons (Fsp3) is 0.300. The number of benzene rings is 3. The van der Waals surface area contributed by atoms with Crippen LogP contribution < -0.4 is 16.0 Å². The zero-order valence-electron chi connectivity index (χ0n) is 22.2. The molecule has 1 aliphatic heterocycles. The van der Waals surface area contributed by atoms with E-state index in [9.17, 15) is 14.4 Å². The fourth-order valence-corrected chi connectivity index (χ4v) is 4.57. The summed E-state index contributed by atoms with van der Waals surface area (Å²) in [5, 5.41) is 10.7. The summed E-state index contributed by atoms with van der Waals surface area (Å²) in [6.45, 7) is 7.91. The molecule has 0 unspecified atom stereocenters. The topological polar surface area (TPSA) is 99.8 Å². The zero-order chi connectivity index (χ0) is 27.2. The van der Waals surface area contributed by atoms with Gasteiger partial charge in [-0.05, 0) is 56.3 Å². The van der Waals surface area contributed by atoms with E-state index in [1.165, 1.54) is 0 Å². The Labute approximate surface area is 223 Å². The first-order valence-corrected chi connectivity index (χ1v) is 12.9. The summed E-state index contributed by atoms with van der Waals surface area (Å²) in [6.07, 6.45) is 1.42. The van der Waals surface area contributed by atoms with Gasteiger partial charge in [-0.25, -0.2) is 14.4 Å². The number of esters is 1. The van der Waals surface area contributed by atoms with Gasteiger partial charge in [-0.15, -0.1) is 0 Å². The van der Waals surface area contributed by atoms with Gasteiger partial charge in [0.15, 0.2) is 0 Å². The van der Waals surface area contributed by atoms with Crippen molar-refractivity contribution in [3.63, 3.8) is 0 Å². The van der Waals surface area contributed by atoms with E-state index in [0.717, 1.165) is 23.6 Å². The first-order chi connectivity index (χ1) is 18.3. The van der Waals surface area contributed by atoms with Crippen LogP contribution in [0.25, 0.3) is 10.8 Å². The maximum Gasteiger partial charge on any atom is 0.338 e. The van der Waals surface area contributed by atoms with Gasteiger partial charge in [0.25, 0.3) is 0 Å². The van der Waals surface area contributed by atoms with E-state index in [4.69, 9.17) is 4.74 Å². The highest BCUT2D eigenvalue weighted by atomic mass is 16.5.